The molecule has 0 spiro atoms. The van der Waals surface area contributed by atoms with Crippen LogP contribution in [0.15, 0.2) is 24.3 Å². The highest BCUT2D eigenvalue weighted by molar-refractivity contribution is 8.93. The Bertz CT molecular complexity index is 338. The molecular weight excluding hydrogens is 339 g/mol. The number of rotatable bonds is 12. The molecule has 0 aliphatic carbocycles. The van der Waals surface area contributed by atoms with Gasteiger partial charge in [-0.15, -0.1) is 26.2 Å². The van der Waals surface area contributed by atoms with E-state index >= 15 is 0 Å². The van der Waals surface area contributed by atoms with Gasteiger partial charge in [-0.25, -0.2) is 0 Å². The Balaban J connectivity index is 0.00000400. The molecule has 0 saturated carbocycles. The van der Waals surface area contributed by atoms with Gasteiger partial charge in [0.05, 0.1) is 0 Å². The third-order valence-electron chi connectivity index (χ3n) is 4.10. The topological polar surface area (TPSA) is 0 Å². The van der Waals surface area contributed by atoms with Crippen molar-refractivity contribution in [2.75, 3.05) is 0 Å². The second-order valence-electron chi connectivity index (χ2n) is 5.98. The molecular formula is C19H34BrP. The van der Waals surface area contributed by atoms with Gasteiger partial charge in [-0.1, -0.05) is 95.4 Å². The van der Waals surface area contributed by atoms with Gasteiger partial charge < -0.3 is 0 Å². The smallest absolute Gasteiger partial charge is 0.0271 e. The summed E-state index contributed by atoms with van der Waals surface area (Å²) in [7, 11) is 2.85. The predicted octanol–water partition coefficient (Wildman–Crippen LogP) is 6.62. The van der Waals surface area contributed by atoms with Gasteiger partial charge in [-0.3, -0.25) is 0 Å². The number of hydrogen-bond donors (Lipinski definition) is 0. The molecule has 0 heterocycles. The number of hydrogen-bond acceptors (Lipinski definition) is 0. The maximum absolute atomic E-state index is 2.85. The Morgan fingerprint density at radius 2 is 1.19 bits per heavy atom. The first-order valence-electron chi connectivity index (χ1n) is 8.68. The van der Waals surface area contributed by atoms with Gasteiger partial charge in [0.1, 0.15) is 0 Å². The van der Waals surface area contributed by atoms with Crippen LogP contribution in [0.5, 0.6) is 0 Å². The van der Waals surface area contributed by atoms with Gasteiger partial charge in [0.2, 0.25) is 0 Å². The Hall–Kier alpha value is 0.130. The van der Waals surface area contributed by atoms with Gasteiger partial charge in [0, 0.05) is 0 Å². The molecule has 2 heteroatoms. The van der Waals surface area contributed by atoms with E-state index in [0.29, 0.717) is 0 Å². The van der Waals surface area contributed by atoms with E-state index in [-0.39, 0.29) is 17.0 Å². The van der Waals surface area contributed by atoms with Crippen LogP contribution in [0.25, 0.3) is 0 Å². The Labute approximate surface area is 145 Å². The van der Waals surface area contributed by atoms with Crippen molar-refractivity contribution in [1.29, 1.82) is 0 Å². The summed E-state index contributed by atoms with van der Waals surface area (Å²) in [5.41, 5.74) is 1.51. The van der Waals surface area contributed by atoms with E-state index in [0.717, 1.165) is 0 Å². The summed E-state index contributed by atoms with van der Waals surface area (Å²) in [6.45, 7) is 2.29. The van der Waals surface area contributed by atoms with E-state index in [9.17, 15) is 0 Å². The first kappa shape index (κ1) is 21.1. The molecule has 1 aromatic rings. The third-order valence-corrected chi connectivity index (χ3v) is 4.67. The second kappa shape index (κ2) is 15.0. The highest BCUT2D eigenvalue weighted by Gasteiger charge is 1.97. The van der Waals surface area contributed by atoms with Gasteiger partial charge in [-0.05, 0) is 23.7 Å². The molecule has 0 fully saturated rings. The van der Waals surface area contributed by atoms with Gasteiger partial charge in [0.15, 0.2) is 0 Å². The molecule has 0 bridgehead atoms. The molecule has 1 aromatic carbocycles. The van der Waals surface area contributed by atoms with Gasteiger partial charge >= 0.3 is 0 Å². The molecule has 0 nitrogen and oxygen atoms in total. The van der Waals surface area contributed by atoms with Crippen LogP contribution in [0.4, 0.5) is 0 Å². The Morgan fingerprint density at radius 3 is 1.71 bits per heavy atom. The Morgan fingerprint density at radius 1 is 0.714 bits per heavy atom. The minimum absolute atomic E-state index is 0. The quantitative estimate of drug-likeness (QED) is 0.285. The summed E-state index contributed by atoms with van der Waals surface area (Å²) in [5, 5.41) is 1.37. The van der Waals surface area contributed by atoms with E-state index in [2.05, 4.69) is 40.4 Å². The fraction of sp³-hybridized carbons (Fsp3) is 0.684. The number of unbranched alkanes of at least 4 members (excludes halogenated alkanes) is 10. The summed E-state index contributed by atoms with van der Waals surface area (Å²) in [5.74, 6) is 0. The lowest BCUT2D eigenvalue weighted by molar-refractivity contribution is 0.549. The zero-order valence-electron chi connectivity index (χ0n) is 13.8. The normalized spacial score (nSPS) is 10.4. The molecule has 0 radical (unpaired) electrons. The maximum Gasteiger partial charge on any atom is -0.0271 e. The van der Waals surface area contributed by atoms with Crippen molar-refractivity contribution in [3.8, 4) is 0 Å². The average molecular weight is 373 g/mol. The maximum atomic E-state index is 2.85. The second-order valence-corrected chi connectivity index (χ2v) is 6.61. The standard InChI is InChI=1S/C19H33P.BrH/c1-2-3-4-5-6-7-8-9-10-11-12-15-18-16-13-14-17-19(18)20;/h13-14,16-17H,2-12,15,20H2,1H3;1H. The third kappa shape index (κ3) is 11.4. The molecule has 0 saturated heterocycles. The van der Waals surface area contributed by atoms with Gasteiger partial charge in [-0.2, -0.15) is 0 Å². The summed E-state index contributed by atoms with van der Waals surface area (Å²) in [6.07, 6.45) is 16.9. The van der Waals surface area contributed by atoms with Crippen molar-refractivity contribution >= 4 is 31.5 Å². The molecule has 1 rings (SSSR count). The van der Waals surface area contributed by atoms with Crippen LogP contribution in [0.3, 0.4) is 0 Å². The number of benzene rings is 1. The summed E-state index contributed by atoms with van der Waals surface area (Å²) >= 11 is 0. The number of aryl methyl sites for hydroxylation is 1. The zero-order valence-corrected chi connectivity index (χ0v) is 16.6. The van der Waals surface area contributed by atoms with E-state index < -0.39 is 0 Å². The molecule has 0 N–H and O–H groups in total. The van der Waals surface area contributed by atoms with Crippen LogP contribution in [-0.2, 0) is 6.42 Å². The van der Waals surface area contributed by atoms with Crippen LogP contribution in [-0.4, -0.2) is 0 Å². The van der Waals surface area contributed by atoms with Crippen molar-refractivity contribution in [2.24, 2.45) is 0 Å². The molecule has 0 aliphatic rings. The summed E-state index contributed by atoms with van der Waals surface area (Å²) in [6, 6.07) is 8.73. The average Bonchev–Trinajstić information content (AvgIpc) is 2.46. The molecule has 0 amide bonds. The van der Waals surface area contributed by atoms with Crippen LogP contribution < -0.4 is 5.30 Å². The fourth-order valence-corrected chi connectivity index (χ4v) is 3.09. The van der Waals surface area contributed by atoms with E-state index in [1.165, 1.54) is 87.9 Å². The fourth-order valence-electron chi connectivity index (χ4n) is 2.74. The summed E-state index contributed by atoms with van der Waals surface area (Å²) in [4.78, 5) is 0. The van der Waals surface area contributed by atoms with Crippen molar-refractivity contribution in [1.82, 2.24) is 0 Å². The molecule has 1 unspecified atom stereocenters. The first-order chi connectivity index (χ1) is 9.84. The van der Waals surface area contributed by atoms with Crippen molar-refractivity contribution in [2.45, 2.75) is 84.0 Å². The minimum Gasteiger partial charge on any atom is -0.114 e. The van der Waals surface area contributed by atoms with Crippen LogP contribution in [0, 0.1) is 0 Å². The monoisotopic (exact) mass is 372 g/mol. The molecule has 21 heavy (non-hydrogen) atoms. The van der Waals surface area contributed by atoms with E-state index in [1.807, 2.05) is 0 Å². The minimum atomic E-state index is 0. The van der Waals surface area contributed by atoms with Crippen LogP contribution >= 0.6 is 26.2 Å². The SMILES string of the molecule is Br.CCCCCCCCCCCCCc1ccccc1P. The van der Waals surface area contributed by atoms with Crippen molar-refractivity contribution in [3.63, 3.8) is 0 Å². The Kier molecular flexibility index (Phi) is 15.1. The molecule has 1 atom stereocenters. The van der Waals surface area contributed by atoms with E-state index in [4.69, 9.17) is 0 Å². The molecule has 0 aliphatic heterocycles. The highest BCUT2D eigenvalue weighted by atomic mass is 79.9. The summed E-state index contributed by atoms with van der Waals surface area (Å²) < 4.78 is 0. The molecule has 122 valence electrons. The van der Waals surface area contributed by atoms with Crippen LogP contribution in [0.2, 0.25) is 0 Å². The largest absolute Gasteiger partial charge is 0.114 e. The van der Waals surface area contributed by atoms with E-state index in [1.54, 1.807) is 0 Å². The zero-order chi connectivity index (χ0) is 14.5. The predicted molar refractivity (Wildman–Crippen MR) is 106 cm³/mol. The van der Waals surface area contributed by atoms with Crippen molar-refractivity contribution in [3.05, 3.63) is 29.8 Å². The first-order valence-corrected chi connectivity index (χ1v) is 9.25. The van der Waals surface area contributed by atoms with Crippen LogP contribution in [0.1, 0.15) is 83.1 Å². The molecule has 0 aromatic heterocycles. The highest BCUT2D eigenvalue weighted by Crippen LogP contribution is 2.12. The lowest BCUT2D eigenvalue weighted by atomic mass is 10.0. The number of halogens is 1. The van der Waals surface area contributed by atoms with Gasteiger partial charge in [0.25, 0.3) is 0 Å². The lowest BCUT2D eigenvalue weighted by Gasteiger charge is -2.05. The lowest BCUT2D eigenvalue weighted by Crippen LogP contribution is -2.00. The van der Waals surface area contributed by atoms with Crippen molar-refractivity contribution < 1.29 is 0 Å².